The summed E-state index contributed by atoms with van der Waals surface area (Å²) in [6.45, 7) is 2.61. The first kappa shape index (κ1) is 18.8. The summed E-state index contributed by atoms with van der Waals surface area (Å²) in [7, 11) is 1.40. The molecule has 0 radical (unpaired) electrons. The van der Waals surface area contributed by atoms with E-state index in [0.29, 0.717) is 12.2 Å². The summed E-state index contributed by atoms with van der Waals surface area (Å²) in [5.41, 5.74) is 6.20. The quantitative estimate of drug-likeness (QED) is 0.450. The molecule has 146 valence electrons. The molecule has 1 aromatic heterocycles. The van der Waals surface area contributed by atoms with Gasteiger partial charge < -0.3 is 14.5 Å². The van der Waals surface area contributed by atoms with Crippen LogP contribution in [-0.2, 0) is 17.8 Å². The predicted octanol–water partition coefficient (Wildman–Crippen LogP) is 5.43. The van der Waals surface area contributed by atoms with Crippen molar-refractivity contribution in [2.45, 2.75) is 20.0 Å². The third-order valence-corrected chi connectivity index (χ3v) is 5.09. The molecule has 4 nitrogen and oxygen atoms in total. The highest BCUT2D eigenvalue weighted by molar-refractivity contribution is 5.96. The minimum Gasteiger partial charge on any atom is -0.489 e. The van der Waals surface area contributed by atoms with Crippen molar-refractivity contribution in [1.29, 1.82) is 0 Å². The lowest BCUT2D eigenvalue weighted by Gasteiger charge is -2.08. The van der Waals surface area contributed by atoms with Crippen LogP contribution in [0.1, 0.15) is 32.7 Å². The van der Waals surface area contributed by atoms with Gasteiger partial charge in [0.2, 0.25) is 0 Å². The van der Waals surface area contributed by atoms with Crippen LogP contribution in [0.5, 0.6) is 5.75 Å². The van der Waals surface area contributed by atoms with Gasteiger partial charge in [0.05, 0.1) is 12.7 Å². The van der Waals surface area contributed by atoms with Crippen LogP contribution in [0.3, 0.4) is 0 Å². The Morgan fingerprint density at radius 1 is 0.931 bits per heavy atom. The summed E-state index contributed by atoms with van der Waals surface area (Å²) < 4.78 is 10.7. The summed E-state index contributed by atoms with van der Waals surface area (Å²) >= 11 is 0. The molecular weight excluding hydrogens is 362 g/mol. The Morgan fingerprint density at radius 2 is 1.69 bits per heavy atom. The fourth-order valence-corrected chi connectivity index (χ4v) is 3.50. The maximum Gasteiger partial charge on any atom is 0.337 e. The van der Waals surface area contributed by atoms with Crippen LogP contribution in [0.15, 0.2) is 72.8 Å². The SMILES string of the molecule is COC(=O)c1ccc2[nH]c(C)c(Cc3ccc(OCc4ccccc4)cc3)c2c1. The number of H-pyrrole nitrogens is 1. The van der Waals surface area contributed by atoms with Gasteiger partial charge in [0.1, 0.15) is 12.4 Å². The molecule has 4 heteroatoms. The zero-order valence-electron chi connectivity index (χ0n) is 16.6. The molecule has 4 rings (SSSR count). The van der Waals surface area contributed by atoms with E-state index in [9.17, 15) is 4.79 Å². The number of rotatable bonds is 6. The van der Waals surface area contributed by atoms with Gasteiger partial charge in [0.25, 0.3) is 0 Å². The minimum absolute atomic E-state index is 0.323. The average molecular weight is 385 g/mol. The molecule has 29 heavy (non-hydrogen) atoms. The van der Waals surface area contributed by atoms with Gasteiger partial charge in [0, 0.05) is 16.6 Å². The second-order valence-corrected chi connectivity index (χ2v) is 7.08. The number of carbonyl (C=O) groups excluding carboxylic acids is 1. The molecule has 0 saturated heterocycles. The lowest BCUT2D eigenvalue weighted by molar-refractivity contribution is 0.0601. The molecule has 0 amide bonds. The number of aromatic amines is 1. The summed E-state index contributed by atoms with van der Waals surface area (Å²) in [6, 6.07) is 23.9. The molecule has 4 aromatic rings. The van der Waals surface area contributed by atoms with Gasteiger partial charge in [-0.15, -0.1) is 0 Å². The minimum atomic E-state index is -0.323. The molecule has 0 aliphatic heterocycles. The van der Waals surface area contributed by atoms with Crippen LogP contribution in [0.4, 0.5) is 0 Å². The molecular formula is C25H23NO3. The topological polar surface area (TPSA) is 51.3 Å². The number of hydrogen-bond acceptors (Lipinski definition) is 3. The largest absolute Gasteiger partial charge is 0.489 e. The molecule has 0 fully saturated rings. The van der Waals surface area contributed by atoms with E-state index in [1.807, 2.05) is 42.5 Å². The highest BCUT2D eigenvalue weighted by Gasteiger charge is 2.13. The predicted molar refractivity (Wildman–Crippen MR) is 114 cm³/mol. The zero-order chi connectivity index (χ0) is 20.2. The van der Waals surface area contributed by atoms with Gasteiger partial charge >= 0.3 is 5.97 Å². The Hall–Kier alpha value is -3.53. The van der Waals surface area contributed by atoms with E-state index in [-0.39, 0.29) is 5.97 Å². The highest BCUT2D eigenvalue weighted by atomic mass is 16.5. The second kappa shape index (κ2) is 8.23. The van der Waals surface area contributed by atoms with Crippen LogP contribution in [0, 0.1) is 6.92 Å². The number of aromatic nitrogens is 1. The summed E-state index contributed by atoms with van der Waals surface area (Å²) in [5, 5.41) is 1.05. The summed E-state index contributed by atoms with van der Waals surface area (Å²) in [5.74, 6) is 0.526. The fraction of sp³-hybridized carbons (Fsp3) is 0.160. The third-order valence-electron chi connectivity index (χ3n) is 5.09. The van der Waals surface area contributed by atoms with Crippen LogP contribution < -0.4 is 4.74 Å². The lowest BCUT2D eigenvalue weighted by Crippen LogP contribution is -2.00. The first-order chi connectivity index (χ1) is 14.1. The van der Waals surface area contributed by atoms with Gasteiger partial charge in [-0.3, -0.25) is 0 Å². The molecule has 3 aromatic carbocycles. The number of ether oxygens (including phenoxy) is 2. The van der Waals surface area contributed by atoms with Gasteiger partial charge in [-0.2, -0.15) is 0 Å². The van der Waals surface area contributed by atoms with Crippen LogP contribution >= 0.6 is 0 Å². The van der Waals surface area contributed by atoms with E-state index in [2.05, 4.69) is 36.2 Å². The molecule has 0 saturated carbocycles. The van der Waals surface area contributed by atoms with Crippen molar-refractivity contribution in [1.82, 2.24) is 4.98 Å². The number of nitrogens with one attached hydrogen (secondary N) is 1. The number of hydrogen-bond donors (Lipinski definition) is 1. The average Bonchev–Trinajstić information content (AvgIpc) is 3.07. The number of esters is 1. The first-order valence-electron chi connectivity index (χ1n) is 9.59. The molecule has 0 unspecified atom stereocenters. The molecule has 0 bridgehead atoms. The molecule has 0 spiro atoms. The van der Waals surface area contributed by atoms with Crippen molar-refractivity contribution in [3.05, 3.63) is 101 Å². The summed E-state index contributed by atoms with van der Waals surface area (Å²) in [6.07, 6.45) is 0.773. The van der Waals surface area contributed by atoms with Gasteiger partial charge in [0.15, 0.2) is 0 Å². The smallest absolute Gasteiger partial charge is 0.337 e. The Morgan fingerprint density at radius 3 is 2.41 bits per heavy atom. The maximum atomic E-state index is 11.9. The maximum absolute atomic E-state index is 11.9. The van der Waals surface area contributed by atoms with Crippen molar-refractivity contribution in [3.8, 4) is 5.75 Å². The van der Waals surface area contributed by atoms with E-state index < -0.39 is 0 Å². The highest BCUT2D eigenvalue weighted by Crippen LogP contribution is 2.27. The van der Waals surface area contributed by atoms with Crippen molar-refractivity contribution < 1.29 is 14.3 Å². The number of fused-ring (bicyclic) bond motifs is 1. The van der Waals surface area contributed by atoms with Crippen molar-refractivity contribution in [2.24, 2.45) is 0 Å². The first-order valence-corrected chi connectivity index (χ1v) is 9.59. The third kappa shape index (κ3) is 4.16. The van der Waals surface area contributed by atoms with Crippen LogP contribution in [-0.4, -0.2) is 18.1 Å². The van der Waals surface area contributed by atoms with Gasteiger partial charge in [-0.05, 0) is 60.4 Å². The van der Waals surface area contributed by atoms with Crippen molar-refractivity contribution >= 4 is 16.9 Å². The fourth-order valence-electron chi connectivity index (χ4n) is 3.50. The van der Waals surface area contributed by atoms with Crippen molar-refractivity contribution in [2.75, 3.05) is 7.11 Å². The van der Waals surface area contributed by atoms with E-state index in [1.165, 1.54) is 18.2 Å². The van der Waals surface area contributed by atoms with Gasteiger partial charge in [-0.25, -0.2) is 4.79 Å². The molecule has 1 N–H and O–H groups in total. The second-order valence-electron chi connectivity index (χ2n) is 7.08. The summed E-state index contributed by atoms with van der Waals surface area (Å²) in [4.78, 5) is 15.3. The lowest BCUT2D eigenvalue weighted by atomic mass is 10.0. The monoisotopic (exact) mass is 385 g/mol. The standard InChI is InChI=1S/C25H23NO3/c1-17-22(23-15-20(25(27)28-2)10-13-24(23)26-17)14-18-8-11-21(12-9-18)29-16-19-6-4-3-5-7-19/h3-13,15,26H,14,16H2,1-2H3. The number of benzene rings is 3. The number of methoxy groups -OCH3 is 1. The van der Waals surface area contributed by atoms with E-state index in [4.69, 9.17) is 9.47 Å². The Bertz CT molecular complexity index is 1130. The van der Waals surface area contributed by atoms with Crippen molar-refractivity contribution in [3.63, 3.8) is 0 Å². The van der Waals surface area contributed by atoms with Crippen LogP contribution in [0.25, 0.3) is 10.9 Å². The number of aryl methyl sites for hydroxylation is 1. The molecule has 1 heterocycles. The molecule has 0 atom stereocenters. The molecule has 0 aliphatic rings. The Kier molecular flexibility index (Phi) is 5.34. The van der Waals surface area contributed by atoms with Crippen LogP contribution in [0.2, 0.25) is 0 Å². The zero-order valence-corrected chi connectivity index (χ0v) is 16.6. The van der Waals surface area contributed by atoms with E-state index in [1.54, 1.807) is 6.07 Å². The number of carbonyl (C=O) groups is 1. The Labute approximate surface area is 170 Å². The normalized spacial score (nSPS) is 10.8. The molecule has 0 aliphatic carbocycles. The van der Waals surface area contributed by atoms with E-state index in [0.717, 1.165) is 34.3 Å². The van der Waals surface area contributed by atoms with Gasteiger partial charge in [-0.1, -0.05) is 42.5 Å². The van der Waals surface area contributed by atoms with E-state index >= 15 is 0 Å². The Balaban J connectivity index is 1.52.